The maximum absolute atomic E-state index is 12.4. The zero-order chi connectivity index (χ0) is 21.4. The molecule has 4 nitrogen and oxygen atoms in total. The number of hydrogen-bond acceptors (Lipinski definition) is 3. The van der Waals surface area contributed by atoms with Crippen LogP contribution in [0.25, 0.3) is 39.3 Å². The third-order valence-corrected chi connectivity index (χ3v) is 5.71. The van der Waals surface area contributed by atoms with Crippen molar-refractivity contribution in [3.05, 3.63) is 94.7 Å². The standard InChI is InChI=1S/C25H15Cl2NO3/c26-20-6-3-5-19(25(20)27)22-12-9-16(30-22)10-13-24(29)28-15-8-11-18-17-4-1-2-7-21(17)31-23(18)14-15/h1-14H,(H,28,29). The Kier molecular flexibility index (Phi) is 5.02. The fourth-order valence-corrected chi connectivity index (χ4v) is 3.82. The minimum absolute atomic E-state index is 0.283. The highest BCUT2D eigenvalue weighted by molar-refractivity contribution is 6.43. The predicted molar refractivity (Wildman–Crippen MR) is 126 cm³/mol. The topological polar surface area (TPSA) is 55.4 Å². The first kappa shape index (κ1) is 19.5. The summed E-state index contributed by atoms with van der Waals surface area (Å²) in [6.07, 6.45) is 3.00. The van der Waals surface area contributed by atoms with Gasteiger partial charge in [0.05, 0.1) is 10.0 Å². The van der Waals surface area contributed by atoms with Gasteiger partial charge in [-0.05, 0) is 48.5 Å². The van der Waals surface area contributed by atoms with Gasteiger partial charge in [0.2, 0.25) is 5.91 Å². The molecule has 0 fully saturated rings. The maximum atomic E-state index is 12.4. The van der Waals surface area contributed by atoms with Crippen LogP contribution in [0, 0.1) is 0 Å². The monoisotopic (exact) mass is 447 g/mol. The molecule has 0 unspecified atom stereocenters. The van der Waals surface area contributed by atoms with Crippen molar-refractivity contribution in [2.24, 2.45) is 0 Å². The van der Waals surface area contributed by atoms with Crippen LogP contribution in [0.5, 0.6) is 0 Å². The number of benzene rings is 3. The molecule has 2 aromatic heterocycles. The molecule has 0 atom stereocenters. The lowest BCUT2D eigenvalue weighted by Gasteiger charge is -2.02. The minimum Gasteiger partial charge on any atom is -0.457 e. The maximum Gasteiger partial charge on any atom is 0.248 e. The smallest absolute Gasteiger partial charge is 0.248 e. The molecule has 5 rings (SSSR count). The Morgan fingerprint density at radius 2 is 1.68 bits per heavy atom. The summed E-state index contributed by atoms with van der Waals surface area (Å²) in [5.41, 5.74) is 2.87. The lowest BCUT2D eigenvalue weighted by atomic mass is 10.1. The molecule has 0 spiro atoms. The molecule has 31 heavy (non-hydrogen) atoms. The quantitative estimate of drug-likeness (QED) is 0.285. The van der Waals surface area contributed by atoms with Gasteiger partial charge in [-0.3, -0.25) is 4.79 Å². The molecule has 1 amide bonds. The highest BCUT2D eigenvalue weighted by atomic mass is 35.5. The number of amides is 1. The van der Waals surface area contributed by atoms with Crippen molar-refractivity contribution in [1.82, 2.24) is 0 Å². The van der Waals surface area contributed by atoms with E-state index in [0.29, 0.717) is 32.8 Å². The summed E-state index contributed by atoms with van der Waals surface area (Å²) < 4.78 is 11.6. The summed E-state index contributed by atoms with van der Waals surface area (Å²) in [5, 5.41) is 5.77. The van der Waals surface area contributed by atoms with E-state index in [0.717, 1.165) is 21.9 Å². The normalized spacial score (nSPS) is 11.5. The van der Waals surface area contributed by atoms with Crippen LogP contribution in [0.15, 0.2) is 87.7 Å². The highest BCUT2D eigenvalue weighted by Gasteiger charge is 2.11. The molecule has 0 bridgehead atoms. The van der Waals surface area contributed by atoms with Crippen LogP contribution in [0.4, 0.5) is 5.69 Å². The number of rotatable bonds is 4. The molecule has 0 aliphatic heterocycles. The second kappa shape index (κ2) is 7.99. The number of halogens is 2. The minimum atomic E-state index is -0.283. The Hall–Kier alpha value is -3.47. The number of hydrogen-bond donors (Lipinski definition) is 1. The molecule has 6 heteroatoms. The summed E-state index contributed by atoms with van der Waals surface area (Å²) >= 11 is 12.3. The molecule has 0 saturated carbocycles. The van der Waals surface area contributed by atoms with E-state index < -0.39 is 0 Å². The zero-order valence-corrected chi connectivity index (χ0v) is 17.6. The van der Waals surface area contributed by atoms with Crippen LogP contribution in [0.2, 0.25) is 10.0 Å². The van der Waals surface area contributed by atoms with E-state index in [1.807, 2.05) is 48.5 Å². The highest BCUT2D eigenvalue weighted by Crippen LogP contribution is 2.34. The number of anilines is 1. The number of carbonyl (C=O) groups excluding carboxylic acids is 1. The fourth-order valence-electron chi connectivity index (χ4n) is 3.43. The first-order valence-corrected chi connectivity index (χ1v) is 10.3. The molecular weight excluding hydrogens is 433 g/mol. The van der Waals surface area contributed by atoms with Gasteiger partial charge in [0.1, 0.15) is 22.7 Å². The zero-order valence-electron chi connectivity index (χ0n) is 16.1. The molecule has 152 valence electrons. The molecule has 5 aromatic rings. The van der Waals surface area contributed by atoms with Gasteiger partial charge in [-0.1, -0.05) is 47.5 Å². The van der Waals surface area contributed by atoms with E-state index in [2.05, 4.69) is 5.32 Å². The van der Waals surface area contributed by atoms with Crippen molar-refractivity contribution in [2.75, 3.05) is 5.32 Å². The van der Waals surface area contributed by atoms with Crippen LogP contribution in [0.3, 0.4) is 0 Å². The van der Waals surface area contributed by atoms with Crippen molar-refractivity contribution >= 4 is 62.8 Å². The number of carbonyl (C=O) groups is 1. The number of para-hydroxylation sites is 1. The number of furan rings is 2. The van der Waals surface area contributed by atoms with Crippen LogP contribution < -0.4 is 5.32 Å². The Morgan fingerprint density at radius 1 is 0.839 bits per heavy atom. The van der Waals surface area contributed by atoms with E-state index in [1.165, 1.54) is 6.08 Å². The van der Waals surface area contributed by atoms with Crippen molar-refractivity contribution in [3.63, 3.8) is 0 Å². The largest absolute Gasteiger partial charge is 0.457 e. The van der Waals surface area contributed by atoms with Gasteiger partial charge in [-0.25, -0.2) is 0 Å². The third-order valence-electron chi connectivity index (χ3n) is 4.89. The van der Waals surface area contributed by atoms with Gasteiger partial charge < -0.3 is 14.2 Å². The van der Waals surface area contributed by atoms with E-state index in [9.17, 15) is 4.79 Å². The Balaban J connectivity index is 1.32. The van der Waals surface area contributed by atoms with Gasteiger partial charge in [0.25, 0.3) is 0 Å². The van der Waals surface area contributed by atoms with E-state index in [1.54, 1.807) is 30.3 Å². The van der Waals surface area contributed by atoms with Crippen molar-refractivity contribution in [2.45, 2.75) is 0 Å². The first-order chi connectivity index (χ1) is 15.1. The second-order valence-electron chi connectivity index (χ2n) is 6.94. The van der Waals surface area contributed by atoms with Crippen molar-refractivity contribution < 1.29 is 13.6 Å². The first-order valence-electron chi connectivity index (χ1n) is 9.53. The van der Waals surface area contributed by atoms with Crippen LogP contribution in [-0.2, 0) is 4.79 Å². The van der Waals surface area contributed by atoms with Crippen LogP contribution >= 0.6 is 23.2 Å². The number of nitrogens with one attached hydrogen (secondary N) is 1. The van der Waals surface area contributed by atoms with Gasteiger partial charge >= 0.3 is 0 Å². The summed E-state index contributed by atoms with van der Waals surface area (Å²) in [6.45, 7) is 0. The van der Waals surface area contributed by atoms with Gasteiger partial charge in [0, 0.05) is 34.2 Å². The molecule has 0 aliphatic rings. The van der Waals surface area contributed by atoms with Crippen LogP contribution in [0.1, 0.15) is 5.76 Å². The predicted octanol–water partition coefficient (Wildman–Crippen LogP) is 7.80. The van der Waals surface area contributed by atoms with Gasteiger partial charge in [0.15, 0.2) is 0 Å². The van der Waals surface area contributed by atoms with Crippen molar-refractivity contribution in [1.29, 1.82) is 0 Å². The third kappa shape index (κ3) is 3.83. The van der Waals surface area contributed by atoms with Gasteiger partial charge in [-0.15, -0.1) is 0 Å². The van der Waals surface area contributed by atoms with Crippen molar-refractivity contribution in [3.8, 4) is 11.3 Å². The number of fused-ring (bicyclic) bond motifs is 3. The summed E-state index contributed by atoms with van der Waals surface area (Å²) in [7, 11) is 0. The van der Waals surface area contributed by atoms with Crippen LogP contribution in [-0.4, -0.2) is 5.91 Å². The summed E-state index contributed by atoms with van der Waals surface area (Å²) in [4.78, 5) is 12.4. The molecular formula is C25H15Cl2NO3. The average Bonchev–Trinajstić information content (AvgIpc) is 3.38. The van der Waals surface area contributed by atoms with Gasteiger partial charge in [-0.2, -0.15) is 0 Å². The Labute approximate surface area is 187 Å². The average molecular weight is 448 g/mol. The lowest BCUT2D eigenvalue weighted by Crippen LogP contribution is -2.07. The summed E-state index contributed by atoms with van der Waals surface area (Å²) in [6, 6.07) is 22.3. The molecule has 0 saturated heterocycles. The molecule has 2 heterocycles. The fraction of sp³-hybridized carbons (Fsp3) is 0. The van der Waals surface area contributed by atoms with E-state index in [-0.39, 0.29) is 5.91 Å². The van der Waals surface area contributed by atoms with E-state index in [4.69, 9.17) is 32.0 Å². The Bertz CT molecular complexity index is 1460. The SMILES string of the molecule is O=C(C=Cc1ccc(-c2cccc(Cl)c2Cl)o1)Nc1ccc2c(c1)oc1ccccc12. The molecule has 0 aliphatic carbocycles. The molecule has 3 aromatic carbocycles. The molecule has 1 N–H and O–H groups in total. The second-order valence-corrected chi connectivity index (χ2v) is 7.72. The Morgan fingerprint density at radius 3 is 2.58 bits per heavy atom. The lowest BCUT2D eigenvalue weighted by molar-refractivity contribution is -0.111. The van der Waals surface area contributed by atoms with E-state index >= 15 is 0 Å². The summed E-state index contributed by atoms with van der Waals surface area (Å²) in [5.74, 6) is 0.811. The molecule has 0 radical (unpaired) electrons.